The lowest BCUT2D eigenvalue weighted by Crippen LogP contribution is -2.00. The maximum atomic E-state index is 4.73. The molecule has 0 spiro atoms. The molecule has 3 heteroatoms. The average Bonchev–Trinajstić information content (AvgIpc) is 2.37. The molecule has 0 unspecified atom stereocenters. The van der Waals surface area contributed by atoms with Crippen LogP contribution >= 0.6 is 15.9 Å². The number of imidazole rings is 1. The lowest BCUT2D eigenvalue weighted by atomic mass is 10.1. The summed E-state index contributed by atoms with van der Waals surface area (Å²) in [7, 11) is 0. The number of rotatable bonds is 1. The molecule has 2 heterocycles. The Bertz CT molecular complexity index is 328. The van der Waals surface area contributed by atoms with Gasteiger partial charge in [0.25, 0.3) is 0 Å². The van der Waals surface area contributed by atoms with Gasteiger partial charge in [0, 0.05) is 13.0 Å². The lowest BCUT2D eigenvalue weighted by molar-refractivity contribution is 0.624. The fraction of sp³-hybridized carbons (Fsp3) is 0.727. The Morgan fingerprint density at radius 1 is 1.29 bits per heavy atom. The zero-order valence-corrected chi connectivity index (χ0v) is 10.5. The quantitative estimate of drug-likeness (QED) is 0.753. The molecule has 1 aliphatic heterocycles. The fourth-order valence-electron chi connectivity index (χ4n) is 2.01. The summed E-state index contributed by atoms with van der Waals surface area (Å²) in [5.41, 5.74) is 1.22. The van der Waals surface area contributed by atoms with E-state index in [0.717, 1.165) is 13.0 Å². The van der Waals surface area contributed by atoms with Gasteiger partial charge in [0.1, 0.15) is 10.4 Å². The average molecular weight is 257 g/mol. The summed E-state index contributed by atoms with van der Waals surface area (Å²) in [5, 5.41) is 0. The lowest BCUT2D eigenvalue weighted by Gasteiger charge is -2.05. The van der Waals surface area contributed by atoms with Crippen molar-refractivity contribution in [2.24, 2.45) is 0 Å². The highest BCUT2D eigenvalue weighted by atomic mass is 79.9. The zero-order valence-electron chi connectivity index (χ0n) is 8.89. The summed E-state index contributed by atoms with van der Waals surface area (Å²) in [4.78, 5) is 4.73. The smallest absolute Gasteiger partial charge is 0.109 e. The van der Waals surface area contributed by atoms with E-state index in [1.807, 2.05) is 0 Å². The van der Waals surface area contributed by atoms with Crippen molar-refractivity contribution in [2.75, 3.05) is 0 Å². The molecule has 0 saturated carbocycles. The minimum Gasteiger partial charge on any atom is -0.323 e. The van der Waals surface area contributed by atoms with Crippen LogP contribution in [0.5, 0.6) is 0 Å². The number of hydrogen-bond acceptors (Lipinski definition) is 1. The fourth-order valence-corrected chi connectivity index (χ4v) is 2.94. The highest BCUT2D eigenvalue weighted by molar-refractivity contribution is 9.10. The molecule has 2 nitrogen and oxygen atoms in total. The maximum Gasteiger partial charge on any atom is 0.109 e. The Morgan fingerprint density at radius 2 is 2.07 bits per heavy atom. The molecule has 0 fully saturated rings. The van der Waals surface area contributed by atoms with Crippen LogP contribution in [0.15, 0.2) is 4.60 Å². The SMILES string of the molecule is CC(C)c1nc2n(c1Br)CCCCC2. The highest BCUT2D eigenvalue weighted by Gasteiger charge is 2.18. The predicted molar refractivity (Wildman–Crippen MR) is 61.6 cm³/mol. The van der Waals surface area contributed by atoms with Gasteiger partial charge in [-0.25, -0.2) is 4.98 Å². The van der Waals surface area contributed by atoms with E-state index in [2.05, 4.69) is 34.3 Å². The van der Waals surface area contributed by atoms with Crippen LogP contribution in [0.4, 0.5) is 0 Å². The number of aryl methyl sites for hydroxylation is 1. The molecule has 0 N–H and O–H groups in total. The van der Waals surface area contributed by atoms with Gasteiger partial charge in [-0.3, -0.25) is 0 Å². The van der Waals surface area contributed by atoms with Gasteiger partial charge in [-0.2, -0.15) is 0 Å². The first-order valence-electron chi connectivity index (χ1n) is 5.45. The minimum atomic E-state index is 0.517. The van der Waals surface area contributed by atoms with Crippen LogP contribution in [-0.2, 0) is 13.0 Å². The van der Waals surface area contributed by atoms with Gasteiger partial charge in [0.15, 0.2) is 0 Å². The van der Waals surface area contributed by atoms with E-state index in [-0.39, 0.29) is 0 Å². The molecular weight excluding hydrogens is 240 g/mol. The standard InChI is InChI=1S/C11H17BrN2/c1-8(2)10-11(12)14-7-5-3-4-6-9(14)13-10/h8H,3-7H2,1-2H3. The van der Waals surface area contributed by atoms with Crippen LogP contribution in [0.2, 0.25) is 0 Å². The Kier molecular flexibility index (Phi) is 2.96. The molecule has 1 aliphatic rings. The number of fused-ring (bicyclic) bond motifs is 1. The van der Waals surface area contributed by atoms with Crippen molar-refractivity contribution in [2.45, 2.75) is 52.0 Å². The third-order valence-corrected chi connectivity index (χ3v) is 3.67. The van der Waals surface area contributed by atoms with Gasteiger partial charge in [0.2, 0.25) is 0 Å². The molecule has 14 heavy (non-hydrogen) atoms. The molecule has 0 amide bonds. The first kappa shape index (κ1) is 10.2. The largest absolute Gasteiger partial charge is 0.323 e. The highest BCUT2D eigenvalue weighted by Crippen LogP contribution is 2.28. The van der Waals surface area contributed by atoms with Gasteiger partial charge < -0.3 is 4.57 Å². The molecule has 1 aromatic heterocycles. The molecule has 0 saturated heterocycles. The van der Waals surface area contributed by atoms with Crippen molar-refractivity contribution in [3.8, 4) is 0 Å². The van der Waals surface area contributed by atoms with E-state index in [4.69, 9.17) is 4.98 Å². The first-order chi connectivity index (χ1) is 6.70. The number of halogens is 1. The monoisotopic (exact) mass is 256 g/mol. The van der Waals surface area contributed by atoms with E-state index in [9.17, 15) is 0 Å². The first-order valence-corrected chi connectivity index (χ1v) is 6.24. The van der Waals surface area contributed by atoms with Gasteiger partial charge in [-0.05, 0) is 34.7 Å². The normalized spacial score (nSPS) is 16.9. The predicted octanol–water partition coefficient (Wildman–Crippen LogP) is 3.50. The molecular formula is C11H17BrN2. The van der Waals surface area contributed by atoms with Gasteiger partial charge in [-0.1, -0.05) is 20.3 Å². The summed E-state index contributed by atoms with van der Waals surface area (Å²) in [6.07, 6.45) is 5.07. The van der Waals surface area contributed by atoms with Crippen LogP contribution in [0, 0.1) is 0 Å². The molecule has 0 aromatic carbocycles. The molecule has 2 rings (SSSR count). The van der Waals surface area contributed by atoms with Crippen LogP contribution in [0.3, 0.4) is 0 Å². The minimum absolute atomic E-state index is 0.517. The van der Waals surface area contributed by atoms with Crippen molar-refractivity contribution in [1.82, 2.24) is 9.55 Å². The van der Waals surface area contributed by atoms with Crippen molar-refractivity contribution < 1.29 is 0 Å². The topological polar surface area (TPSA) is 17.8 Å². The second-order valence-corrected chi connectivity index (χ2v) is 5.07. The van der Waals surface area contributed by atoms with E-state index in [1.165, 1.54) is 35.4 Å². The Morgan fingerprint density at radius 3 is 2.79 bits per heavy atom. The van der Waals surface area contributed by atoms with Crippen LogP contribution in [0.25, 0.3) is 0 Å². The van der Waals surface area contributed by atoms with Gasteiger partial charge in [-0.15, -0.1) is 0 Å². The molecule has 0 bridgehead atoms. The van der Waals surface area contributed by atoms with Crippen molar-refractivity contribution in [3.05, 3.63) is 16.1 Å². The van der Waals surface area contributed by atoms with E-state index >= 15 is 0 Å². The van der Waals surface area contributed by atoms with Gasteiger partial charge in [0.05, 0.1) is 5.69 Å². The zero-order chi connectivity index (χ0) is 10.1. The molecule has 1 aromatic rings. The van der Waals surface area contributed by atoms with Crippen molar-refractivity contribution >= 4 is 15.9 Å². The van der Waals surface area contributed by atoms with E-state index in [0.29, 0.717) is 5.92 Å². The third kappa shape index (κ3) is 1.74. The molecule has 0 aliphatic carbocycles. The summed E-state index contributed by atoms with van der Waals surface area (Å²) >= 11 is 3.67. The van der Waals surface area contributed by atoms with Gasteiger partial charge >= 0.3 is 0 Å². The van der Waals surface area contributed by atoms with Crippen LogP contribution < -0.4 is 0 Å². The van der Waals surface area contributed by atoms with E-state index < -0.39 is 0 Å². The number of hydrogen-bond donors (Lipinski definition) is 0. The second kappa shape index (κ2) is 4.05. The Balaban J connectivity index is 2.40. The summed E-state index contributed by atoms with van der Waals surface area (Å²) < 4.78 is 3.56. The Hall–Kier alpha value is -0.310. The second-order valence-electron chi connectivity index (χ2n) is 4.32. The van der Waals surface area contributed by atoms with Crippen molar-refractivity contribution in [1.29, 1.82) is 0 Å². The van der Waals surface area contributed by atoms with Crippen LogP contribution in [0.1, 0.15) is 50.5 Å². The Labute approximate surface area is 93.9 Å². The molecule has 78 valence electrons. The maximum absolute atomic E-state index is 4.73. The molecule has 0 radical (unpaired) electrons. The number of aromatic nitrogens is 2. The summed E-state index contributed by atoms with van der Waals surface area (Å²) in [6, 6.07) is 0. The van der Waals surface area contributed by atoms with E-state index in [1.54, 1.807) is 0 Å². The van der Waals surface area contributed by atoms with Crippen LogP contribution in [-0.4, -0.2) is 9.55 Å². The summed E-state index contributed by atoms with van der Waals surface area (Å²) in [5.74, 6) is 1.79. The molecule has 0 atom stereocenters. The number of nitrogens with zero attached hydrogens (tertiary/aromatic N) is 2. The third-order valence-electron chi connectivity index (χ3n) is 2.84. The summed E-state index contributed by atoms with van der Waals surface area (Å²) in [6.45, 7) is 5.54. The van der Waals surface area contributed by atoms with Crippen molar-refractivity contribution in [3.63, 3.8) is 0 Å².